The topological polar surface area (TPSA) is 26.3 Å². The second kappa shape index (κ2) is 6.07. The molecule has 0 aliphatic carbocycles. The third kappa shape index (κ3) is 3.56. The zero-order valence-electron chi connectivity index (χ0n) is 13.4. The molecular formula is C20H20O2. The molecule has 0 heterocycles. The van der Waals surface area contributed by atoms with Crippen molar-refractivity contribution in [1.29, 1.82) is 0 Å². The predicted molar refractivity (Wildman–Crippen MR) is 89.7 cm³/mol. The number of rotatable bonds is 2. The third-order valence-corrected chi connectivity index (χ3v) is 3.32. The van der Waals surface area contributed by atoms with E-state index < -0.39 is 5.60 Å². The first-order valence-corrected chi connectivity index (χ1v) is 7.22. The first kappa shape index (κ1) is 15.9. The largest absolute Gasteiger partial charge is 0.456 e. The van der Waals surface area contributed by atoms with E-state index in [2.05, 4.69) is 5.92 Å². The Balaban J connectivity index is 2.31. The number of hydrogen-bond donors (Lipinski definition) is 0. The van der Waals surface area contributed by atoms with Crippen molar-refractivity contribution in [1.82, 2.24) is 0 Å². The van der Waals surface area contributed by atoms with Crippen LogP contribution in [0.15, 0.2) is 42.5 Å². The molecule has 2 aromatic carbocycles. The Morgan fingerprint density at radius 2 is 1.73 bits per heavy atom. The van der Waals surface area contributed by atoms with Gasteiger partial charge in [-0.3, -0.25) is 0 Å². The van der Waals surface area contributed by atoms with Crippen LogP contribution in [0.1, 0.15) is 42.3 Å². The number of terminal acetylenes is 1. The van der Waals surface area contributed by atoms with Gasteiger partial charge in [0.05, 0.1) is 5.56 Å². The molecule has 112 valence electrons. The Labute approximate surface area is 132 Å². The molecule has 0 aliphatic rings. The molecule has 2 heteroatoms. The quantitative estimate of drug-likeness (QED) is 0.597. The second-order valence-electron chi connectivity index (χ2n) is 6.20. The molecule has 0 radical (unpaired) electrons. The minimum absolute atomic E-state index is 0.312. The maximum Gasteiger partial charge on any atom is 0.338 e. The summed E-state index contributed by atoms with van der Waals surface area (Å²) in [6, 6.07) is 13.3. The van der Waals surface area contributed by atoms with Crippen LogP contribution in [0.25, 0.3) is 11.1 Å². The van der Waals surface area contributed by atoms with Crippen LogP contribution in [0.2, 0.25) is 0 Å². The molecule has 0 aromatic heterocycles. The van der Waals surface area contributed by atoms with E-state index in [0.29, 0.717) is 5.56 Å². The highest BCUT2D eigenvalue weighted by Gasteiger charge is 2.17. The van der Waals surface area contributed by atoms with Crippen molar-refractivity contribution in [3.63, 3.8) is 0 Å². The van der Waals surface area contributed by atoms with E-state index in [-0.39, 0.29) is 5.97 Å². The van der Waals surface area contributed by atoms with Crippen molar-refractivity contribution in [2.24, 2.45) is 0 Å². The molecule has 0 fully saturated rings. The third-order valence-electron chi connectivity index (χ3n) is 3.32. The minimum atomic E-state index is -0.493. The van der Waals surface area contributed by atoms with E-state index in [1.807, 2.05) is 58.0 Å². The number of carbonyl (C=O) groups excluding carboxylic acids is 1. The summed E-state index contributed by atoms with van der Waals surface area (Å²) in [6.07, 6.45) is 5.51. The van der Waals surface area contributed by atoms with Crippen molar-refractivity contribution in [3.05, 3.63) is 59.2 Å². The highest BCUT2D eigenvalue weighted by molar-refractivity contribution is 5.90. The normalized spacial score (nSPS) is 10.9. The molecule has 0 saturated heterocycles. The van der Waals surface area contributed by atoms with Crippen LogP contribution in [0, 0.1) is 19.3 Å². The fourth-order valence-corrected chi connectivity index (χ4v) is 2.23. The number of esters is 1. The van der Waals surface area contributed by atoms with Crippen molar-refractivity contribution < 1.29 is 9.53 Å². The van der Waals surface area contributed by atoms with Gasteiger partial charge in [-0.25, -0.2) is 4.79 Å². The van der Waals surface area contributed by atoms with Crippen LogP contribution in [0.3, 0.4) is 0 Å². The summed E-state index contributed by atoms with van der Waals surface area (Å²) in [5, 5.41) is 0. The number of carbonyl (C=O) groups is 1. The molecule has 0 unspecified atom stereocenters. The SMILES string of the molecule is C#Cc1cccc(-c2ccc(C(=O)OC(C)(C)C)cc2)c1C. The summed E-state index contributed by atoms with van der Waals surface area (Å²) < 4.78 is 5.36. The molecule has 0 saturated carbocycles. The Morgan fingerprint density at radius 1 is 1.09 bits per heavy atom. The van der Waals surface area contributed by atoms with Crippen molar-refractivity contribution in [3.8, 4) is 23.5 Å². The Kier molecular flexibility index (Phi) is 4.37. The molecule has 0 N–H and O–H groups in total. The molecule has 0 amide bonds. The lowest BCUT2D eigenvalue weighted by atomic mass is 9.96. The van der Waals surface area contributed by atoms with Crippen LogP contribution in [0.4, 0.5) is 0 Å². The highest BCUT2D eigenvalue weighted by Crippen LogP contribution is 2.26. The van der Waals surface area contributed by atoms with Crippen molar-refractivity contribution >= 4 is 5.97 Å². The smallest absolute Gasteiger partial charge is 0.338 e. The molecule has 22 heavy (non-hydrogen) atoms. The summed E-state index contributed by atoms with van der Waals surface area (Å²) in [5.41, 5.74) is 4.11. The molecule has 0 aliphatic heterocycles. The van der Waals surface area contributed by atoms with Crippen molar-refractivity contribution in [2.75, 3.05) is 0 Å². The first-order valence-electron chi connectivity index (χ1n) is 7.22. The highest BCUT2D eigenvalue weighted by atomic mass is 16.6. The van der Waals surface area contributed by atoms with E-state index in [4.69, 9.17) is 11.2 Å². The van der Waals surface area contributed by atoms with Gasteiger partial charge in [0.15, 0.2) is 0 Å². The molecule has 0 atom stereocenters. The van der Waals surface area contributed by atoms with Gasteiger partial charge in [0.1, 0.15) is 5.60 Å². The van der Waals surface area contributed by atoms with Gasteiger partial charge in [0.2, 0.25) is 0 Å². The van der Waals surface area contributed by atoms with Crippen LogP contribution >= 0.6 is 0 Å². The molecular weight excluding hydrogens is 272 g/mol. The van der Waals surface area contributed by atoms with Gasteiger partial charge < -0.3 is 4.74 Å². The lowest BCUT2D eigenvalue weighted by molar-refractivity contribution is 0.00696. The zero-order chi connectivity index (χ0) is 16.3. The van der Waals surface area contributed by atoms with Crippen LogP contribution in [-0.2, 0) is 4.74 Å². The number of ether oxygens (including phenoxy) is 1. The van der Waals surface area contributed by atoms with Gasteiger partial charge >= 0.3 is 5.97 Å². The average Bonchev–Trinajstić information content (AvgIpc) is 2.46. The summed E-state index contributed by atoms with van der Waals surface area (Å²) in [5.74, 6) is 2.37. The summed E-state index contributed by atoms with van der Waals surface area (Å²) in [7, 11) is 0. The standard InChI is InChI=1S/C20H20O2/c1-6-15-8-7-9-18(14(15)2)16-10-12-17(13-11-16)19(21)22-20(3,4)5/h1,7-13H,2-5H3. The fourth-order valence-electron chi connectivity index (χ4n) is 2.23. The first-order chi connectivity index (χ1) is 10.3. The van der Waals surface area contributed by atoms with E-state index in [1.165, 1.54) is 0 Å². The van der Waals surface area contributed by atoms with E-state index >= 15 is 0 Å². The Bertz CT molecular complexity index is 726. The van der Waals surface area contributed by atoms with Gasteiger partial charge in [0, 0.05) is 5.56 Å². The Morgan fingerprint density at radius 3 is 2.27 bits per heavy atom. The lowest BCUT2D eigenvalue weighted by Crippen LogP contribution is -2.23. The van der Waals surface area contributed by atoms with Gasteiger partial charge in [-0.15, -0.1) is 6.42 Å². The fraction of sp³-hybridized carbons (Fsp3) is 0.250. The van der Waals surface area contributed by atoms with Crippen molar-refractivity contribution in [2.45, 2.75) is 33.3 Å². The summed E-state index contributed by atoms with van der Waals surface area (Å²) in [6.45, 7) is 7.57. The molecule has 2 rings (SSSR count). The molecule has 0 spiro atoms. The number of benzene rings is 2. The molecule has 2 nitrogen and oxygen atoms in total. The molecule has 0 bridgehead atoms. The predicted octanol–water partition coefficient (Wildman–Crippen LogP) is 4.60. The maximum atomic E-state index is 12.0. The maximum absolute atomic E-state index is 12.0. The van der Waals surface area contributed by atoms with Gasteiger partial charge in [-0.1, -0.05) is 30.2 Å². The number of hydrogen-bond acceptors (Lipinski definition) is 2. The summed E-state index contributed by atoms with van der Waals surface area (Å²) >= 11 is 0. The summed E-state index contributed by atoms with van der Waals surface area (Å²) in [4.78, 5) is 12.0. The van der Waals surface area contributed by atoms with Gasteiger partial charge in [-0.2, -0.15) is 0 Å². The average molecular weight is 292 g/mol. The minimum Gasteiger partial charge on any atom is -0.456 e. The lowest BCUT2D eigenvalue weighted by Gasteiger charge is -2.19. The van der Waals surface area contributed by atoms with E-state index in [9.17, 15) is 4.79 Å². The van der Waals surface area contributed by atoms with Crippen LogP contribution in [0.5, 0.6) is 0 Å². The van der Waals surface area contributed by atoms with Gasteiger partial charge in [-0.05, 0) is 62.6 Å². The van der Waals surface area contributed by atoms with E-state index in [0.717, 1.165) is 22.3 Å². The Hall–Kier alpha value is -2.53. The molecule has 2 aromatic rings. The van der Waals surface area contributed by atoms with Gasteiger partial charge in [0.25, 0.3) is 0 Å². The monoisotopic (exact) mass is 292 g/mol. The second-order valence-corrected chi connectivity index (χ2v) is 6.20. The van der Waals surface area contributed by atoms with Crippen LogP contribution in [-0.4, -0.2) is 11.6 Å². The van der Waals surface area contributed by atoms with E-state index in [1.54, 1.807) is 12.1 Å². The van der Waals surface area contributed by atoms with Crippen LogP contribution < -0.4 is 0 Å². The zero-order valence-corrected chi connectivity index (χ0v) is 13.4.